The van der Waals surface area contributed by atoms with E-state index in [1.165, 1.54) is 5.39 Å². The molecule has 0 bridgehead atoms. The molecule has 0 radical (unpaired) electrons. The van der Waals surface area contributed by atoms with Gasteiger partial charge in [0.15, 0.2) is 0 Å². The summed E-state index contributed by atoms with van der Waals surface area (Å²) in [5, 5.41) is 1.17. The fourth-order valence-electron chi connectivity index (χ4n) is 1.28. The fraction of sp³-hybridized carbons (Fsp3) is 0.231. The summed E-state index contributed by atoms with van der Waals surface area (Å²) >= 11 is 0. The van der Waals surface area contributed by atoms with Gasteiger partial charge < -0.3 is 9.72 Å². The average Bonchev–Trinajstić information content (AvgIpc) is 2.76. The molecular formula is C13H17NO. The lowest BCUT2D eigenvalue weighted by molar-refractivity contribution is 0.364. The summed E-state index contributed by atoms with van der Waals surface area (Å²) in [4.78, 5) is 3.13. The molecule has 0 aliphatic heterocycles. The predicted molar refractivity (Wildman–Crippen MR) is 65.3 cm³/mol. The van der Waals surface area contributed by atoms with Crippen LogP contribution in [0.4, 0.5) is 0 Å². The lowest BCUT2D eigenvalue weighted by Gasteiger charge is -2.01. The molecule has 1 N–H and O–H groups in total. The third kappa shape index (κ3) is 2.88. The van der Waals surface area contributed by atoms with Crippen molar-refractivity contribution in [2.75, 3.05) is 6.61 Å². The Morgan fingerprint density at radius 3 is 2.87 bits per heavy atom. The van der Waals surface area contributed by atoms with E-state index in [2.05, 4.69) is 11.6 Å². The number of rotatable bonds is 3. The fourth-order valence-corrected chi connectivity index (χ4v) is 1.28. The van der Waals surface area contributed by atoms with E-state index in [1.807, 2.05) is 44.3 Å². The van der Waals surface area contributed by atoms with Gasteiger partial charge in [0.1, 0.15) is 12.4 Å². The number of ether oxygens (including phenoxy) is 1. The number of aromatic nitrogens is 1. The van der Waals surface area contributed by atoms with E-state index < -0.39 is 0 Å². The molecule has 0 fully saturated rings. The van der Waals surface area contributed by atoms with Crippen molar-refractivity contribution >= 4 is 10.9 Å². The second-order valence-corrected chi connectivity index (χ2v) is 2.83. The predicted octanol–water partition coefficient (Wildman–Crippen LogP) is 3.76. The van der Waals surface area contributed by atoms with Crippen LogP contribution in [0, 0.1) is 0 Å². The lowest BCUT2D eigenvalue weighted by Crippen LogP contribution is -1.91. The van der Waals surface area contributed by atoms with E-state index in [9.17, 15) is 0 Å². The Morgan fingerprint density at radius 2 is 2.13 bits per heavy atom. The minimum Gasteiger partial charge on any atom is -0.490 e. The van der Waals surface area contributed by atoms with Gasteiger partial charge in [0.25, 0.3) is 0 Å². The first-order chi connectivity index (χ1) is 7.40. The Bertz CT molecular complexity index is 417. The van der Waals surface area contributed by atoms with Crippen LogP contribution in [0.15, 0.2) is 43.1 Å². The SMILES string of the molecule is C=CCOc1ccc2[nH]ccc2c1.CC. The average molecular weight is 203 g/mol. The van der Waals surface area contributed by atoms with E-state index in [1.54, 1.807) is 6.08 Å². The van der Waals surface area contributed by atoms with Crippen LogP contribution < -0.4 is 4.74 Å². The monoisotopic (exact) mass is 203 g/mol. The van der Waals surface area contributed by atoms with E-state index in [0.29, 0.717) is 6.61 Å². The van der Waals surface area contributed by atoms with Crippen LogP contribution in [0.2, 0.25) is 0 Å². The summed E-state index contributed by atoms with van der Waals surface area (Å²) in [7, 11) is 0. The molecule has 1 aromatic heterocycles. The first kappa shape index (κ1) is 11.4. The van der Waals surface area contributed by atoms with Gasteiger partial charge in [-0.05, 0) is 24.3 Å². The van der Waals surface area contributed by atoms with Gasteiger partial charge in [-0.2, -0.15) is 0 Å². The van der Waals surface area contributed by atoms with E-state index in [-0.39, 0.29) is 0 Å². The van der Waals surface area contributed by atoms with Crippen LogP contribution in [0.3, 0.4) is 0 Å². The smallest absolute Gasteiger partial charge is 0.120 e. The van der Waals surface area contributed by atoms with Crippen LogP contribution in [0.25, 0.3) is 10.9 Å². The Balaban J connectivity index is 0.000000531. The molecule has 0 amide bonds. The maximum atomic E-state index is 5.40. The molecule has 80 valence electrons. The molecule has 2 nitrogen and oxygen atoms in total. The topological polar surface area (TPSA) is 25.0 Å². The van der Waals surface area contributed by atoms with E-state index in [4.69, 9.17) is 4.74 Å². The number of benzene rings is 1. The lowest BCUT2D eigenvalue weighted by atomic mass is 10.2. The first-order valence-electron chi connectivity index (χ1n) is 5.21. The van der Waals surface area contributed by atoms with Crippen molar-refractivity contribution in [3.05, 3.63) is 43.1 Å². The second-order valence-electron chi connectivity index (χ2n) is 2.83. The molecule has 0 saturated carbocycles. The first-order valence-corrected chi connectivity index (χ1v) is 5.21. The van der Waals surface area contributed by atoms with Crippen molar-refractivity contribution in [2.45, 2.75) is 13.8 Å². The zero-order valence-electron chi connectivity index (χ0n) is 9.29. The quantitative estimate of drug-likeness (QED) is 0.755. The minimum atomic E-state index is 0.552. The molecule has 1 aromatic carbocycles. The summed E-state index contributed by atoms with van der Waals surface area (Å²) in [6.45, 7) is 8.15. The van der Waals surface area contributed by atoms with Gasteiger partial charge in [0, 0.05) is 17.1 Å². The van der Waals surface area contributed by atoms with Crippen LogP contribution >= 0.6 is 0 Å². The number of nitrogens with one attached hydrogen (secondary N) is 1. The molecule has 2 heteroatoms. The van der Waals surface area contributed by atoms with Crippen molar-refractivity contribution in [1.29, 1.82) is 0 Å². The summed E-state index contributed by atoms with van der Waals surface area (Å²) in [5.74, 6) is 0.881. The Morgan fingerprint density at radius 1 is 1.33 bits per heavy atom. The molecule has 1 heterocycles. The van der Waals surface area contributed by atoms with Gasteiger partial charge >= 0.3 is 0 Å². The highest BCUT2D eigenvalue weighted by Crippen LogP contribution is 2.19. The van der Waals surface area contributed by atoms with E-state index >= 15 is 0 Å². The van der Waals surface area contributed by atoms with Crippen molar-refractivity contribution in [3.63, 3.8) is 0 Å². The molecule has 0 atom stereocenters. The number of aromatic amines is 1. The minimum absolute atomic E-state index is 0.552. The third-order valence-corrected chi connectivity index (χ3v) is 1.89. The zero-order chi connectivity index (χ0) is 11.1. The number of H-pyrrole nitrogens is 1. The molecule has 15 heavy (non-hydrogen) atoms. The van der Waals surface area contributed by atoms with Gasteiger partial charge in [0.05, 0.1) is 0 Å². The zero-order valence-corrected chi connectivity index (χ0v) is 9.29. The summed E-state index contributed by atoms with van der Waals surface area (Å²) in [6.07, 6.45) is 3.66. The largest absolute Gasteiger partial charge is 0.490 e. The van der Waals surface area contributed by atoms with Crippen LogP contribution in [-0.4, -0.2) is 11.6 Å². The highest BCUT2D eigenvalue weighted by Gasteiger charge is 1.96. The molecule has 0 aliphatic rings. The van der Waals surface area contributed by atoms with Gasteiger partial charge in [-0.3, -0.25) is 0 Å². The van der Waals surface area contributed by atoms with Crippen molar-refractivity contribution in [2.24, 2.45) is 0 Å². The van der Waals surface area contributed by atoms with Gasteiger partial charge in [-0.25, -0.2) is 0 Å². The molecule has 2 aromatic rings. The maximum absolute atomic E-state index is 5.40. The normalized spacial score (nSPS) is 9.20. The summed E-state index contributed by atoms with van der Waals surface area (Å²) in [5.41, 5.74) is 1.13. The molecular weight excluding hydrogens is 186 g/mol. The molecule has 0 unspecified atom stereocenters. The van der Waals surface area contributed by atoms with Crippen LogP contribution in [-0.2, 0) is 0 Å². The van der Waals surface area contributed by atoms with Crippen molar-refractivity contribution in [3.8, 4) is 5.75 Å². The Hall–Kier alpha value is -1.70. The number of fused-ring (bicyclic) bond motifs is 1. The number of hydrogen-bond acceptors (Lipinski definition) is 1. The summed E-state index contributed by atoms with van der Waals surface area (Å²) < 4.78 is 5.40. The summed E-state index contributed by atoms with van der Waals surface area (Å²) in [6, 6.07) is 7.99. The van der Waals surface area contributed by atoms with Gasteiger partial charge in [0.2, 0.25) is 0 Å². The van der Waals surface area contributed by atoms with Crippen molar-refractivity contribution in [1.82, 2.24) is 4.98 Å². The van der Waals surface area contributed by atoms with Crippen LogP contribution in [0.5, 0.6) is 5.75 Å². The van der Waals surface area contributed by atoms with Gasteiger partial charge in [-0.1, -0.05) is 26.5 Å². The second kappa shape index (κ2) is 5.91. The molecule has 0 spiro atoms. The standard InChI is InChI=1S/C11H11NO.C2H6/c1-2-7-13-10-3-4-11-9(8-10)5-6-12-11;1-2/h2-6,8,12H,1,7H2;1-2H3. The highest BCUT2D eigenvalue weighted by molar-refractivity contribution is 5.80. The van der Waals surface area contributed by atoms with E-state index in [0.717, 1.165) is 11.3 Å². The van der Waals surface area contributed by atoms with Crippen molar-refractivity contribution < 1.29 is 4.74 Å². The molecule has 2 rings (SSSR count). The Labute approximate surface area is 90.6 Å². The highest BCUT2D eigenvalue weighted by atomic mass is 16.5. The molecule has 0 saturated heterocycles. The third-order valence-electron chi connectivity index (χ3n) is 1.89. The Kier molecular flexibility index (Phi) is 4.48. The van der Waals surface area contributed by atoms with Gasteiger partial charge in [-0.15, -0.1) is 0 Å². The molecule has 0 aliphatic carbocycles. The maximum Gasteiger partial charge on any atom is 0.120 e. The van der Waals surface area contributed by atoms with Crippen LogP contribution in [0.1, 0.15) is 13.8 Å². The number of hydrogen-bond donors (Lipinski definition) is 1.